The molecule has 0 aliphatic carbocycles. The fourth-order valence-electron chi connectivity index (χ4n) is 2.70. The van der Waals surface area contributed by atoms with Crippen LogP contribution in [0.1, 0.15) is 10.4 Å². The summed E-state index contributed by atoms with van der Waals surface area (Å²) >= 11 is 1.65. The summed E-state index contributed by atoms with van der Waals surface area (Å²) in [6.45, 7) is 0.833. The fraction of sp³-hybridized carbons (Fsp3) is 0.263. The Bertz CT molecular complexity index is 931. The van der Waals surface area contributed by atoms with Crippen molar-refractivity contribution in [2.45, 2.75) is 9.79 Å². The number of thioether (sulfide) groups is 1. The minimum Gasteiger partial charge on any atom is -0.354 e. The highest BCUT2D eigenvalue weighted by atomic mass is 32.2. The Labute approximate surface area is 168 Å². The number of benzene rings is 2. The molecule has 1 aliphatic rings. The second-order valence-electron chi connectivity index (χ2n) is 6.13. The zero-order valence-corrected chi connectivity index (χ0v) is 16.8. The number of nitrogens with zero attached hydrogens (tertiary/aromatic N) is 1. The van der Waals surface area contributed by atoms with E-state index in [0.29, 0.717) is 18.7 Å². The lowest BCUT2D eigenvalue weighted by atomic mass is 10.2. The Hall–Kier alpha value is -2.36. The molecule has 0 radical (unpaired) electrons. The summed E-state index contributed by atoms with van der Waals surface area (Å²) in [7, 11) is -3.75. The lowest BCUT2D eigenvalue weighted by Crippen LogP contribution is -2.49. The van der Waals surface area contributed by atoms with E-state index in [1.165, 1.54) is 24.3 Å². The first-order valence-corrected chi connectivity index (χ1v) is 11.2. The van der Waals surface area contributed by atoms with Crippen LogP contribution in [0.4, 0.5) is 0 Å². The van der Waals surface area contributed by atoms with Gasteiger partial charge >= 0.3 is 0 Å². The number of piperazine rings is 1. The van der Waals surface area contributed by atoms with Crippen LogP contribution in [-0.2, 0) is 14.8 Å². The van der Waals surface area contributed by atoms with Crippen LogP contribution in [0.3, 0.4) is 0 Å². The van der Waals surface area contributed by atoms with Crippen molar-refractivity contribution >= 4 is 33.6 Å². The predicted octanol–water partition coefficient (Wildman–Crippen LogP) is 1.33. The molecule has 1 heterocycles. The number of nitrogens with one attached hydrogen (secondary N) is 2. The number of sulfonamides is 1. The minimum absolute atomic E-state index is 0.0679. The molecule has 148 valence electrons. The maximum atomic E-state index is 12.6. The van der Waals surface area contributed by atoms with Gasteiger partial charge in [0.1, 0.15) is 0 Å². The van der Waals surface area contributed by atoms with E-state index < -0.39 is 10.0 Å². The van der Waals surface area contributed by atoms with E-state index in [4.69, 9.17) is 0 Å². The molecule has 1 saturated heterocycles. The largest absolute Gasteiger partial charge is 0.354 e. The summed E-state index contributed by atoms with van der Waals surface area (Å²) < 4.78 is 26.3. The molecule has 2 N–H and O–H groups in total. The highest BCUT2D eigenvalue weighted by molar-refractivity contribution is 7.99. The Morgan fingerprint density at radius 1 is 1.11 bits per heavy atom. The summed E-state index contributed by atoms with van der Waals surface area (Å²) in [5.41, 5.74) is 0.389. The fourth-order valence-corrected chi connectivity index (χ4v) is 4.89. The molecule has 2 amide bonds. The average Bonchev–Trinajstić information content (AvgIpc) is 2.72. The molecule has 0 unspecified atom stereocenters. The van der Waals surface area contributed by atoms with E-state index in [0.717, 1.165) is 15.0 Å². The SMILES string of the molecule is O=C1CN(S(=O)(=O)c2ccc(C(=O)NCCSc3ccccc3)cc2)CCN1. The van der Waals surface area contributed by atoms with Crippen LogP contribution in [0.15, 0.2) is 64.4 Å². The van der Waals surface area contributed by atoms with Gasteiger partial charge in [-0.3, -0.25) is 9.59 Å². The minimum atomic E-state index is -3.75. The van der Waals surface area contributed by atoms with E-state index in [2.05, 4.69) is 10.6 Å². The van der Waals surface area contributed by atoms with Crippen molar-refractivity contribution in [3.05, 3.63) is 60.2 Å². The number of carbonyl (C=O) groups excluding carboxylic acids is 2. The molecule has 0 atom stereocenters. The van der Waals surface area contributed by atoms with Crippen LogP contribution in [-0.4, -0.2) is 56.5 Å². The summed E-state index contributed by atoms with van der Waals surface area (Å²) in [6, 6.07) is 15.7. The van der Waals surface area contributed by atoms with Crippen molar-refractivity contribution in [2.75, 3.05) is 31.9 Å². The van der Waals surface area contributed by atoms with Gasteiger partial charge in [-0.25, -0.2) is 8.42 Å². The molecule has 28 heavy (non-hydrogen) atoms. The van der Waals surface area contributed by atoms with Crippen molar-refractivity contribution < 1.29 is 18.0 Å². The quantitative estimate of drug-likeness (QED) is 0.521. The van der Waals surface area contributed by atoms with Crippen molar-refractivity contribution in [3.8, 4) is 0 Å². The third kappa shape index (κ3) is 5.12. The molecule has 1 fully saturated rings. The molecule has 2 aromatic rings. The molecule has 3 rings (SSSR count). The maximum Gasteiger partial charge on any atom is 0.251 e. The van der Waals surface area contributed by atoms with E-state index in [-0.39, 0.29) is 29.8 Å². The van der Waals surface area contributed by atoms with Gasteiger partial charge in [-0.1, -0.05) is 18.2 Å². The number of carbonyl (C=O) groups is 2. The van der Waals surface area contributed by atoms with Gasteiger partial charge in [0.2, 0.25) is 15.9 Å². The van der Waals surface area contributed by atoms with E-state index in [9.17, 15) is 18.0 Å². The maximum absolute atomic E-state index is 12.6. The van der Waals surface area contributed by atoms with Crippen molar-refractivity contribution in [1.29, 1.82) is 0 Å². The summed E-state index contributed by atoms with van der Waals surface area (Å²) in [5, 5.41) is 5.42. The van der Waals surface area contributed by atoms with Gasteiger partial charge in [0.05, 0.1) is 11.4 Å². The second-order valence-corrected chi connectivity index (χ2v) is 9.24. The number of rotatable bonds is 7. The van der Waals surface area contributed by atoms with Crippen LogP contribution in [0.5, 0.6) is 0 Å². The Morgan fingerprint density at radius 2 is 1.82 bits per heavy atom. The van der Waals surface area contributed by atoms with E-state index in [1.54, 1.807) is 11.8 Å². The van der Waals surface area contributed by atoms with Crippen LogP contribution < -0.4 is 10.6 Å². The monoisotopic (exact) mass is 419 g/mol. The first-order valence-electron chi connectivity index (χ1n) is 8.80. The van der Waals surface area contributed by atoms with E-state index in [1.807, 2.05) is 30.3 Å². The Kier molecular flexibility index (Phi) is 6.71. The Morgan fingerprint density at radius 3 is 2.50 bits per heavy atom. The van der Waals surface area contributed by atoms with Gasteiger partial charge < -0.3 is 10.6 Å². The summed E-state index contributed by atoms with van der Waals surface area (Å²) in [5.74, 6) is 0.161. The molecule has 0 aromatic heterocycles. The highest BCUT2D eigenvalue weighted by Gasteiger charge is 2.29. The molecule has 2 aromatic carbocycles. The predicted molar refractivity (Wildman–Crippen MR) is 108 cm³/mol. The third-order valence-corrected chi connectivity index (χ3v) is 7.03. The van der Waals surface area contributed by atoms with Gasteiger partial charge in [-0.05, 0) is 36.4 Å². The lowest BCUT2D eigenvalue weighted by Gasteiger charge is -2.25. The van der Waals surface area contributed by atoms with E-state index >= 15 is 0 Å². The van der Waals surface area contributed by atoms with Gasteiger partial charge in [-0.15, -0.1) is 11.8 Å². The molecule has 0 bridgehead atoms. The molecular weight excluding hydrogens is 398 g/mol. The van der Waals surface area contributed by atoms with Crippen LogP contribution in [0.25, 0.3) is 0 Å². The van der Waals surface area contributed by atoms with Crippen LogP contribution in [0.2, 0.25) is 0 Å². The summed E-state index contributed by atoms with van der Waals surface area (Å²) in [4.78, 5) is 24.9. The number of amides is 2. The molecule has 0 spiro atoms. The van der Waals surface area contributed by atoms with Crippen molar-refractivity contribution in [2.24, 2.45) is 0 Å². The number of hydrogen-bond acceptors (Lipinski definition) is 5. The van der Waals surface area contributed by atoms with Gasteiger partial charge in [0, 0.05) is 35.8 Å². The average molecular weight is 420 g/mol. The van der Waals surface area contributed by atoms with Crippen molar-refractivity contribution in [3.63, 3.8) is 0 Å². The molecule has 0 saturated carbocycles. The van der Waals surface area contributed by atoms with Gasteiger partial charge in [-0.2, -0.15) is 4.31 Å². The summed E-state index contributed by atoms with van der Waals surface area (Å²) in [6.07, 6.45) is 0. The smallest absolute Gasteiger partial charge is 0.251 e. The molecule has 1 aliphatic heterocycles. The first-order chi connectivity index (χ1) is 13.5. The van der Waals surface area contributed by atoms with Crippen LogP contribution in [0, 0.1) is 0 Å². The highest BCUT2D eigenvalue weighted by Crippen LogP contribution is 2.18. The standard InChI is InChI=1S/C19H21N3O4S2/c23-18-14-22(12-10-20-18)28(25,26)17-8-6-15(7-9-17)19(24)21-11-13-27-16-4-2-1-3-5-16/h1-9H,10-14H2,(H,20,23)(H,21,24). The zero-order valence-electron chi connectivity index (χ0n) is 15.1. The first kappa shape index (κ1) is 20.4. The Balaban J connectivity index is 1.54. The lowest BCUT2D eigenvalue weighted by molar-refractivity contribution is -0.122. The van der Waals surface area contributed by atoms with Crippen LogP contribution >= 0.6 is 11.8 Å². The zero-order chi connectivity index (χ0) is 20.0. The molecule has 7 nitrogen and oxygen atoms in total. The third-order valence-electron chi connectivity index (χ3n) is 4.16. The molecule has 9 heteroatoms. The number of hydrogen-bond donors (Lipinski definition) is 2. The topological polar surface area (TPSA) is 95.6 Å². The van der Waals surface area contributed by atoms with Gasteiger partial charge in [0.15, 0.2) is 0 Å². The molecular formula is C19H21N3O4S2. The second kappa shape index (κ2) is 9.22. The normalized spacial score (nSPS) is 15.1. The van der Waals surface area contributed by atoms with Gasteiger partial charge in [0.25, 0.3) is 5.91 Å². The van der Waals surface area contributed by atoms with Crippen molar-refractivity contribution in [1.82, 2.24) is 14.9 Å².